The van der Waals surface area contributed by atoms with E-state index in [1.165, 1.54) is 32.4 Å². The molecule has 0 radical (unpaired) electrons. The summed E-state index contributed by atoms with van der Waals surface area (Å²) in [6.45, 7) is 7.76. The molecule has 2 atom stereocenters. The van der Waals surface area contributed by atoms with Gasteiger partial charge in [-0.2, -0.15) is 0 Å². The maximum absolute atomic E-state index is 11.6. The molecule has 2 rings (SSSR count). The molecule has 8 heteroatoms. The SMILES string of the molecule is CN=C(NCC(CC(C)C)N1CCCC1)NC1CCS(=O)(=O)C1.I. The second-order valence-corrected chi connectivity index (χ2v) is 9.45. The van der Waals surface area contributed by atoms with Gasteiger partial charge in [-0.3, -0.25) is 9.89 Å². The molecule has 0 aromatic heterocycles. The molecule has 0 aromatic rings. The molecule has 0 saturated carbocycles. The minimum Gasteiger partial charge on any atom is -0.355 e. The highest BCUT2D eigenvalue weighted by Gasteiger charge is 2.29. The predicted octanol–water partition coefficient (Wildman–Crippen LogP) is 1.47. The monoisotopic (exact) mass is 472 g/mol. The summed E-state index contributed by atoms with van der Waals surface area (Å²) in [7, 11) is -1.12. The van der Waals surface area contributed by atoms with Crippen molar-refractivity contribution in [3.05, 3.63) is 0 Å². The maximum Gasteiger partial charge on any atom is 0.191 e. The Morgan fingerprint density at radius 3 is 2.46 bits per heavy atom. The Bertz CT molecular complexity index is 504. The van der Waals surface area contributed by atoms with Crippen LogP contribution in [0.25, 0.3) is 0 Å². The van der Waals surface area contributed by atoms with Crippen molar-refractivity contribution in [3.8, 4) is 0 Å². The van der Waals surface area contributed by atoms with Gasteiger partial charge in [-0.15, -0.1) is 24.0 Å². The van der Waals surface area contributed by atoms with Gasteiger partial charge in [0.25, 0.3) is 0 Å². The molecule has 0 bridgehead atoms. The van der Waals surface area contributed by atoms with E-state index in [1.54, 1.807) is 7.05 Å². The molecule has 2 heterocycles. The van der Waals surface area contributed by atoms with Crippen molar-refractivity contribution >= 4 is 39.8 Å². The van der Waals surface area contributed by atoms with Gasteiger partial charge >= 0.3 is 0 Å². The quantitative estimate of drug-likeness (QED) is 0.348. The van der Waals surface area contributed by atoms with Crippen molar-refractivity contribution < 1.29 is 8.42 Å². The maximum atomic E-state index is 11.6. The van der Waals surface area contributed by atoms with Gasteiger partial charge in [0, 0.05) is 25.7 Å². The first-order valence-corrected chi connectivity index (χ1v) is 10.6. The van der Waals surface area contributed by atoms with Gasteiger partial charge < -0.3 is 10.6 Å². The van der Waals surface area contributed by atoms with Gasteiger partial charge in [0.05, 0.1) is 11.5 Å². The average molecular weight is 472 g/mol. The number of nitrogens with one attached hydrogen (secondary N) is 2. The molecule has 2 N–H and O–H groups in total. The van der Waals surface area contributed by atoms with Crippen LogP contribution in [0.3, 0.4) is 0 Å². The Balaban J connectivity index is 0.00000288. The third-order valence-corrected chi connectivity index (χ3v) is 6.47. The molecule has 2 aliphatic rings. The molecule has 0 spiro atoms. The third-order valence-electron chi connectivity index (χ3n) is 4.70. The first kappa shape index (κ1) is 22.0. The van der Waals surface area contributed by atoms with E-state index in [2.05, 4.69) is 34.4 Å². The normalized spacial score (nSPS) is 25.5. The van der Waals surface area contributed by atoms with Crippen molar-refractivity contribution in [2.75, 3.05) is 38.2 Å². The number of rotatable bonds is 6. The highest BCUT2D eigenvalue weighted by molar-refractivity contribution is 14.0. The van der Waals surface area contributed by atoms with Crippen LogP contribution in [-0.4, -0.2) is 69.5 Å². The summed E-state index contributed by atoms with van der Waals surface area (Å²) in [5.41, 5.74) is 0. The zero-order chi connectivity index (χ0) is 16.9. The summed E-state index contributed by atoms with van der Waals surface area (Å²) in [4.78, 5) is 6.83. The lowest BCUT2D eigenvalue weighted by molar-refractivity contribution is 0.212. The predicted molar refractivity (Wildman–Crippen MR) is 111 cm³/mol. The van der Waals surface area contributed by atoms with Crippen LogP contribution in [0.2, 0.25) is 0 Å². The van der Waals surface area contributed by atoms with Gasteiger partial charge in [0.15, 0.2) is 15.8 Å². The number of aliphatic imine (C=N–C) groups is 1. The molecule has 0 aliphatic carbocycles. The minimum atomic E-state index is -2.86. The summed E-state index contributed by atoms with van der Waals surface area (Å²) in [5.74, 6) is 1.89. The van der Waals surface area contributed by atoms with Crippen LogP contribution in [0.5, 0.6) is 0 Å². The van der Waals surface area contributed by atoms with Gasteiger partial charge in [0.2, 0.25) is 0 Å². The summed E-state index contributed by atoms with van der Waals surface area (Å²) in [6, 6.07) is 0.505. The van der Waals surface area contributed by atoms with E-state index in [4.69, 9.17) is 0 Å². The number of nitrogens with zero attached hydrogens (tertiary/aromatic N) is 2. The Labute approximate surface area is 164 Å². The summed E-state index contributed by atoms with van der Waals surface area (Å²) in [6.07, 6.45) is 4.43. The minimum absolute atomic E-state index is 0. The summed E-state index contributed by atoms with van der Waals surface area (Å²) in [5, 5.41) is 6.67. The lowest BCUT2D eigenvalue weighted by Gasteiger charge is -2.30. The van der Waals surface area contributed by atoms with Crippen molar-refractivity contribution in [1.29, 1.82) is 0 Å². The zero-order valence-electron chi connectivity index (χ0n) is 15.1. The highest BCUT2D eigenvalue weighted by Crippen LogP contribution is 2.17. The van der Waals surface area contributed by atoms with Gasteiger partial charge in [-0.1, -0.05) is 13.8 Å². The van der Waals surface area contributed by atoms with Crippen LogP contribution in [0, 0.1) is 5.92 Å². The summed E-state index contributed by atoms with van der Waals surface area (Å²) < 4.78 is 23.1. The molecule has 6 nitrogen and oxygen atoms in total. The molecule has 2 fully saturated rings. The molecule has 0 aromatic carbocycles. The number of sulfone groups is 1. The molecule has 2 saturated heterocycles. The van der Waals surface area contributed by atoms with Crippen LogP contribution in [0.15, 0.2) is 4.99 Å². The van der Waals surface area contributed by atoms with Crippen molar-refractivity contribution in [2.45, 2.75) is 51.6 Å². The first-order valence-electron chi connectivity index (χ1n) is 8.81. The highest BCUT2D eigenvalue weighted by atomic mass is 127. The van der Waals surface area contributed by atoms with Crippen molar-refractivity contribution in [3.63, 3.8) is 0 Å². The third kappa shape index (κ3) is 7.03. The second-order valence-electron chi connectivity index (χ2n) is 7.22. The summed E-state index contributed by atoms with van der Waals surface area (Å²) >= 11 is 0. The zero-order valence-corrected chi connectivity index (χ0v) is 18.3. The molecule has 2 unspecified atom stereocenters. The molecular formula is C16H33IN4O2S. The molecule has 2 aliphatic heterocycles. The molecule has 0 amide bonds. The standard InChI is InChI=1S/C16H32N4O2S.HI/c1-13(2)10-15(20-7-4-5-8-20)11-18-16(17-3)19-14-6-9-23(21,22)12-14;/h13-15H,4-12H2,1-3H3,(H2,17,18,19);1H. The molecular weight excluding hydrogens is 439 g/mol. The van der Waals surface area contributed by atoms with Crippen molar-refractivity contribution in [1.82, 2.24) is 15.5 Å². The number of hydrogen-bond donors (Lipinski definition) is 2. The van der Waals surface area contributed by atoms with E-state index in [1.807, 2.05) is 0 Å². The van der Waals surface area contributed by atoms with Gasteiger partial charge in [-0.05, 0) is 44.7 Å². The second kappa shape index (κ2) is 10.2. The lowest BCUT2D eigenvalue weighted by Crippen LogP contribution is -2.49. The average Bonchev–Trinajstić information content (AvgIpc) is 3.11. The van der Waals surface area contributed by atoms with E-state index in [0.717, 1.165) is 12.5 Å². The smallest absolute Gasteiger partial charge is 0.191 e. The number of halogens is 1. The Kier molecular flexibility index (Phi) is 9.29. The fourth-order valence-corrected chi connectivity index (χ4v) is 5.20. The van der Waals surface area contributed by atoms with E-state index >= 15 is 0 Å². The van der Waals surface area contributed by atoms with E-state index in [-0.39, 0.29) is 41.5 Å². The van der Waals surface area contributed by atoms with Gasteiger partial charge in [0.1, 0.15) is 0 Å². The lowest BCUT2D eigenvalue weighted by atomic mass is 10.0. The number of hydrogen-bond acceptors (Lipinski definition) is 4. The number of likely N-dealkylation sites (tertiary alicyclic amines) is 1. The van der Waals surface area contributed by atoms with Gasteiger partial charge in [-0.25, -0.2) is 8.42 Å². The van der Waals surface area contributed by atoms with Crippen LogP contribution < -0.4 is 10.6 Å². The van der Waals surface area contributed by atoms with Crippen molar-refractivity contribution in [2.24, 2.45) is 10.9 Å². The first-order chi connectivity index (χ1) is 10.9. The largest absolute Gasteiger partial charge is 0.355 e. The van der Waals surface area contributed by atoms with Crippen LogP contribution in [0.4, 0.5) is 0 Å². The molecule has 142 valence electrons. The molecule has 24 heavy (non-hydrogen) atoms. The van der Waals surface area contributed by atoms with E-state index in [0.29, 0.717) is 18.4 Å². The van der Waals surface area contributed by atoms with Crippen LogP contribution in [-0.2, 0) is 9.84 Å². The Morgan fingerprint density at radius 2 is 1.96 bits per heavy atom. The fraction of sp³-hybridized carbons (Fsp3) is 0.938. The topological polar surface area (TPSA) is 73.8 Å². The van der Waals surface area contributed by atoms with E-state index in [9.17, 15) is 8.42 Å². The number of guanidine groups is 1. The van der Waals surface area contributed by atoms with Crippen LogP contribution >= 0.6 is 24.0 Å². The van der Waals surface area contributed by atoms with E-state index < -0.39 is 9.84 Å². The van der Waals surface area contributed by atoms with Crippen LogP contribution in [0.1, 0.15) is 39.5 Å². The Morgan fingerprint density at radius 1 is 1.29 bits per heavy atom. The Hall–Kier alpha value is -0.0900. The fourth-order valence-electron chi connectivity index (χ4n) is 3.52.